The second kappa shape index (κ2) is 7.67. The predicted octanol–water partition coefficient (Wildman–Crippen LogP) is 4.58. The van der Waals surface area contributed by atoms with Crippen molar-refractivity contribution in [3.8, 4) is 0 Å². The molecule has 3 aromatic carbocycles. The van der Waals surface area contributed by atoms with E-state index in [4.69, 9.17) is 0 Å². The number of halogens is 2. The minimum absolute atomic E-state index is 0.126. The number of nitrogens with one attached hydrogen (secondary N) is 1. The smallest absolute Gasteiger partial charge is 0.257 e. The van der Waals surface area contributed by atoms with Crippen molar-refractivity contribution in [1.29, 1.82) is 0 Å². The Morgan fingerprint density at radius 2 is 1.69 bits per heavy atom. The molecule has 4 nitrogen and oxygen atoms in total. The van der Waals surface area contributed by atoms with Gasteiger partial charge in [0, 0.05) is 24.0 Å². The summed E-state index contributed by atoms with van der Waals surface area (Å²) in [5, 5.41) is 4.59. The Labute approximate surface area is 165 Å². The Morgan fingerprint density at radius 3 is 2.52 bits per heavy atom. The van der Waals surface area contributed by atoms with Crippen molar-refractivity contribution < 1.29 is 13.6 Å². The van der Waals surface area contributed by atoms with Gasteiger partial charge in [0.25, 0.3) is 11.5 Å². The Hall–Kier alpha value is -3.80. The molecule has 4 aromatic rings. The summed E-state index contributed by atoms with van der Waals surface area (Å²) in [6.45, 7) is 0.298. The Morgan fingerprint density at radius 1 is 0.897 bits per heavy atom. The number of nitrogens with zero attached hydrogens (tertiary/aromatic N) is 1. The van der Waals surface area contributed by atoms with Crippen molar-refractivity contribution in [2.75, 3.05) is 5.32 Å². The van der Waals surface area contributed by atoms with Crippen LogP contribution in [-0.2, 0) is 6.54 Å². The maximum absolute atomic E-state index is 13.3. The van der Waals surface area contributed by atoms with E-state index in [0.717, 1.165) is 28.5 Å². The first-order valence-corrected chi connectivity index (χ1v) is 8.95. The number of rotatable bonds is 4. The first-order chi connectivity index (χ1) is 14.0. The van der Waals surface area contributed by atoms with Crippen molar-refractivity contribution >= 4 is 22.4 Å². The van der Waals surface area contributed by atoms with E-state index in [0.29, 0.717) is 6.54 Å². The van der Waals surface area contributed by atoms with Crippen LogP contribution in [0.3, 0.4) is 0 Å². The molecule has 4 rings (SSSR count). The van der Waals surface area contributed by atoms with Gasteiger partial charge >= 0.3 is 0 Å². The fourth-order valence-corrected chi connectivity index (χ4v) is 3.18. The van der Waals surface area contributed by atoms with Crippen molar-refractivity contribution in [3.63, 3.8) is 0 Å². The number of aromatic nitrogens is 1. The summed E-state index contributed by atoms with van der Waals surface area (Å²) in [5.74, 6) is -2.57. The summed E-state index contributed by atoms with van der Waals surface area (Å²) >= 11 is 0. The molecule has 1 aromatic heterocycles. The maximum atomic E-state index is 13.3. The minimum atomic E-state index is -1.05. The molecule has 0 fully saturated rings. The molecule has 0 aliphatic rings. The maximum Gasteiger partial charge on any atom is 0.257 e. The van der Waals surface area contributed by atoms with Gasteiger partial charge in [0.1, 0.15) is 0 Å². The molecule has 0 bridgehead atoms. The summed E-state index contributed by atoms with van der Waals surface area (Å²) in [5.41, 5.74) is 1.06. The molecule has 1 N–H and O–H groups in total. The second-order valence-corrected chi connectivity index (χ2v) is 6.61. The van der Waals surface area contributed by atoms with Gasteiger partial charge in [-0.3, -0.25) is 9.59 Å². The average molecular weight is 390 g/mol. The van der Waals surface area contributed by atoms with E-state index in [9.17, 15) is 18.4 Å². The van der Waals surface area contributed by atoms with Crippen LogP contribution in [0.25, 0.3) is 10.8 Å². The molecule has 29 heavy (non-hydrogen) atoms. The monoisotopic (exact) mass is 390 g/mol. The highest BCUT2D eigenvalue weighted by molar-refractivity contribution is 6.04. The number of pyridine rings is 1. The average Bonchev–Trinajstić information content (AvgIpc) is 2.72. The second-order valence-electron chi connectivity index (χ2n) is 6.61. The number of amides is 1. The summed E-state index contributed by atoms with van der Waals surface area (Å²) in [7, 11) is 0. The van der Waals surface area contributed by atoms with E-state index in [2.05, 4.69) is 5.32 Å². The van der Waals surface area contributed by atoms with Gasteiger partial charge in [0.15, 0.2) is 11.6 Å². The number of benzene rings is 3. The number of hydrogen-bond acceptors (Lipinski definition) is 2. The van der Waals surface area contributed by atoms with Crippen LogP contribution in [0.1, 0.15) is 15.9 Å². The first-order valence-electron chi connectivity index (χ1n) is 8.95. The lowest BCUT2D eigenvalue weighted by atomic mass is 10.0. The van der Waals surface area contributed by atoms with Crippen LogP contribution in [0.5, 0.6) is 0 Å². The summed E-state index contributed by atoms with van der Waals surface area (Å²) in [6, 6.07) is 19.5. The van der Waals surface area contributed by atoms with E-state index in [1.165, 1.54) is 29.0 Å². The zero-order valence-corrected chi connectivity index (χ0v) is 15.2. The SMILES string of the molecule is O=C(Nc1ccc(F)c(F)c1)c1ccc(=O)n(Cc2cccc3ccccc23)c1. The highest BCUT2D eigenvalue weighted by Crippen LogP contribution is 2.19. The highest BCUT2D eigenvalue weighted by Gasteiger charge is 2.11. The van der Waals surface area contributed by atoms with Crippen molar-refractivity contribution in [2.24, 2.45) is 0 Å². The molecule has 1 heterocycles. The number of hydrogen-bond donors (Lipinski definition) is 1. The molecular formula is C23H16F2N2O2. The largest absolute Gasteiger partial charge is 0.322 e. The Kier molecular flexibility index (Phi) is 4.91. The van der Waals surface area contributed by atoms with Gasteiger partial charge in [0.2, 0.25) is 0 Å². The van der Waals surface area contributed by atoms with E-state index >= 15 is 0 Å². The van der Waals surface area contributed by atoms with E-state index < -0.39 is 17.5 Å². The van der Waals surface area contributed by atoms with Gasteiger partial charge in [-0.25, -0.2) is 8.78 Å². The van der Waals surface area contributed by atoms with Gasteiger partial charge in [0.05, 0.1) is 12.1 Å². The highest BCUT2D eigenvalue weighted by atomic mass is 19.2. The lowest BCUT2D eigenvalue weighted by Crippen LogP contribution is -2.22. The first kappa shape index (κ1) is 18.6. The third kappa shape index (κ3) is 3.91. The van der Waals surface area contributed by atoms with Crippen LogP contribution >= 0.6 is 0 Å². The normalized spacial score (nSPS) is 10.8. The molecule has 144 valence electrons. The Balaban J connectivity index is 1.62. The van der Waals surface area contributed by atoms with Crippen molar-refractivity contribution in [1.82, 2.24) is 4.57 Å². The summed E-state index contributed by atoms with van der Waals surface area (Å²) in [6.07, 6.45) is 1.46. The minimum Gasteiger partial charge on any atom is -0.322 e. The standard InChI is InChI=1S/C23H16F2N2O2/c24-20-10-9-18(12-21(20)25)26-23(29)17-8-11-22(28)27(14-17)13-16-6-3-5-15-4-1-2-7-19(15)16/h1-12,14H,13H2,(H,26,29). The molecular weight excluding hydrogens is 374 g/mol. The summed E-state index contributed by atoms with van der Waals surface area (Å²) in [4.78, 5) is 24.8. The van der Waals surface area contributed by atoms with Gasteiger partial charge in [-0.05, 0) is 34.5 Å². The van der Waals surface area contributed by atoms with Crippen LogP contribution < -0.4 is 10.9 Å². The van der Waals surface area contributed by atoms with Crippen LogP contribution in [0.4, 0.5) is 14.5 Å². The fraction of sp³-hybridized carbons (Fsp3) is 0.0435. The molecule has 0 unspecified atom stereocenters. The summed E-state index contributed by atoms with van der Waals surface area (Å²) < 4.78 is 27.8. The molecule has 1 amide bonds. The van der Waals surface area contributed by atoms with Gasteiger partial charge < -0.3 is 9.88 Å². The van der Waals surface area contributed by atoms with Crippen LogP contribution in [-0.4, -0.2) is 10.5 Å². The molecule has 0 saturated carbocycles. The number of carbonyl (C=O) groups excluding carboxylic acids is 1. The predicted molar refractivity (Wildman–Crippen MR) is 108 cm³/mol. The molecule has 6 heteroatoms. The molecule has 0 saturated heterocycles. The molecule has 0 aliphatic heterocycles. The number of carbonyl (C=O) groups is 1. The lowest BCUT2D eigenvalue weighted by Gasteiger charge is -2.11. The molecule has 0 atom stereocenters. The van der Waals surface area contributed by atoms with E-state index in [-0.39, 0.29) is 16.8 Å². The van der Waals surface area contributed by atoms with Gasteiger partial charge in [-0.1, -0.05) is 42.5 Å². The number of anilines is 1. The van der Waals surface area contributed by atoms with E-state index in [1.54, 1.807) is 0 Å². The lowest BCUT2D eigenvalue weighted by molar-refractivity contribution is 0.102. The van der Waals surface area contributed by atoms with Crippen LogP contribution in [0.15, 0.2) is 83.8 Å². The molecule has 0 aliphatic carbocycles. The number of fused-ring (bicyclic) bond motifs is 1. The van der Waals surface area contributed by atoms with Crippen LogP contribution in [0, 0.1) is 11.6 Å². The Bertz CT molecular complexity index is 1280. The third-order valence-electron chi connectivity index (χ3n) is 4.64. The van der Waals surface area contributed by atoms with Gasteiger partial charge in [-0.15, -0.1) is 0 Å². The van der Waals surface area contributed by atoms with Crippen LogP contribution in [0.2, 0.25) is 0 Å². The quantitative estimate of drug-likeness (QED) is 0.555. The zero-order valence-electron chi connectivity index (χ0n) is 15.2. The topological polar surface area (TPSA) is 51.1 Å². The van der Waals surface area contributed by atoms with Crippen molar-refractivity contribution in [3.05, 3.63) is 112 Å². The molecule has 0 radical (unpaired) electrons. The van der Waals surface area contributed by atoms with E-state index in [1.807, 2.05) is 42.5 Å². The third-order valence-corrected chi connectivity index (χ3v) is 4.64. The van der Waals surface area contributed by atoms with Gasteiger partial charge in [-0.2, -0.15) is 0 Å². The van der Waals surface area contributed by atoms with Crippen molar-refractivity contribution in [2.45, 2.75) is 6.54 Å². The zero-order chi connectivity index (χ0) is 20.4. The molecule has 0 spiro atoms. The fourth-order valence-electron chi connectivity index (χ4n) is 3.18.